The first-order valence-corrected chi connectivity index (χ1v) is 11.9. The third-order valence-corrected chi connectivity index (χ3v) is 5.99. The van der Waals surface area contributed by atoms with E-state index in [0.717, 1.165) is 62.6 Å². The van der Waals surface area contributed by atoms with Crippen LogP contribution in [0.25, 0.3) is 0 Å². The van der Waals surface area contributed by atoms with Gasteiger partial charge in [-0.25, -0.2) is 0 Å². The summed E-state index contributed by atoms with van der Waals surface area (Å²) in [7, 11) is 0. The van der Waals surface area contributed by atoms with E-state index < -0.39 is 5.60 Å². The highest BCUT2D eigenvalue weighted by molar-refractivity contribution is 5.97. The SMILES string of the molecule is CCCC[C@@](C)(OCCC)C(=O)Nc1ccc(OCCCN2CCC(C)CC2)cc1. The third-order valence-electron chi connectivity index (χ3n) is 5.99. The maximum Gasteiger partial charge on any atom is 0.256 e. The summed E-state index contributed by atoms with van der Waals surface area (Å²) < 4.78 is 11.8. The van der Waals surface area contributed by atoms with Crippen molar-refractivity contribution in [2.24, 2.45) is 5.92 Å². The highest BCUT2D eigenvalue weighted by Crippen LogP contribution is 2.23. The van der Waals surface area contributed by atoms with E-state index in [1.54, 1.807) is 0 Å². The summed E-state index contributed by atoms with van der Waals surface area (Å²) in [5.41, 5.74) is -0.00873. The van der Waals surface area contributed by atoms with Gasteiger partial charge in [0.25, 0.3) is 5.91 Å². The summed E-state index contributed by atoms with van der Waals surface area (Å²) in [5.74, 6) is 1.64. The van der Waals surface area contributed by atoms with Crippen molar-refractivity contribution in [3.05, 3.63) is 24.3 Å². The molecule has 1 fully saturated rings. The molecular weight excluding hydrogens is 376 g/mol. The van der Waals surface area contributed by atoms with Gasteiger partial charge in [0.05, 0.1) is 6.61 Å². The van der Waals surface area contributed by atoms with Gasteiger partial charge in [-0.3, -0.25) is 4.79 Å². The summed E-state index contributed by atoms with van der Waals surface area (Å²) in [6.45, 7) is 13.3. The maximum atomic E-state index is 12.8. The second-order valence-electron chi connectivity index (χ2n) is 8.89. The normalized spacial score (nSPS) is 17.5. The molecule has 1 amide bonds. The van der Waals surface area contributed by atoms with Gasteiger partial charge in [0.1, 0.15) is 11.4 Å². The minimum Gasteiger partial charge on any atom is -0.494 e. The summed E-state index contributed by atoms with van der Waals surface area (Å²) in [6, 6.07) is 7.65. The van der Waals surface area contributed by atoms with E-state index in [-0.39, 0.29) is 5.91 Å². The molecule has 0 spiro atoms. The van der Waals surface area contributed by atoms with Crippen LogP contribution in [0.2, 0.25) is 0 Å². The van der Waals surface area contributed by atoms with Crippen molar-refractivity contribution < 1.29 is 14.3 Å². The van der Waals surface area contributed by atoms with Gasteiger partial charge in [-0.1, -0.05) is 33.6 Å². The maximum absolute atomic E-state index is 12.8. The Morgan fingerprint density at radius 2 is 1.80 bits per heavy atom. The van der Waals surface area contributed by atoms with Crippen molar-refractivity contribution in [2.75, 3.05) is 38.2 Å². The largest absolute Gasteiger partial charge is 0.494 e. The van der Waals surface area contributed by atoms with Crippen molar-refractivity contribution in [3.63, 3.8) is 0 Å². The number of nitrogens with one attached hydrogen (secondary N) is 1. The van der Waals surface area contributed by atoms with Crippen LogP contribution in [-0.4, -0.2) is 49.3 Å². The average molecular weight is 419 g/mol. The zero-order valence-corrected chi connectivity index (χ0v) is 19.5. The number of carbonyl (C=O) groups is 1. The first kappa shape index (κ1) is 24.7. The number of nitrogens with zero attached hydrogens (tertiary/aromatic N) is 1. The standard InChI is InChI=1S/C25H42N2O3/c1-5-7-15-25(4,30-19-6-2)24(28)26-22-9-11-23(12-10-22)29-20-8-16-27-17-13-21(3)14-18-27/h9-12,21H,5-8,13-20H2,1-4H3,(H,26,28)/t25-/m1/s1. The molecule has 1 heterocycles. The van der Waals surface area contributed by atoms with Crippen LogP contribution in [0.1, 0.15) is 72.6 Å². The molecule has 0 radical (unpaired) electrons. The molecule has 0 aliphatic carbocycles. The quantitative estimate of drug-likeness (QED) is 0.430. The van der Waals surface area contributed by atoms with Crippen molar-refractivity contribution in [3.8, 4) is 5.75 Å². The fraction of sp³-hybridized carbons (Fsp3) is 0.720. The molecule has 0 aromatic heterocycles. The molecule has 0 bridgehead atoms. The minimum absolute atomic E-state index is 0.0751. The van der Waals surface area contributed by atoms with E-state index in [4.69, 9.17) is 9.47 Å². The lowest BCUT2D eigenvalue weighted by atomic mass is 9.97. The lowest BCUT2D eigenvalue weighted by molar-refractivity contribution is -0.140. The number of anilines is 1. The number of ether oxygens (including phenoxy) is 2. The van der Waals surface area contributed by atoms with E-state index in [2.05, 4.69) is 31.0 Å². The Labute approximate surface area is 183 Å². The van der Waals surface area contributed by atoms with Crippen LogP contribution in [0.5, 0.6) is 5.75 Å². The van der Waals surface area contributed by atoms with Crippen LogP contribution in [0.4, 0.5) is 5.69 Å². The number of likely N-dealkylation sites (tertiary alicyclic amines) is 1. The van der Waals surface area contributed by atoms with Crippen molar-refractivity contribution in [2.45, 2.75) is 78.2 Å². The number of benzene rings is 1. The third kappa shape index (κ3) is 8.27. The van der Waals surface area contributed by atoms with E-state index in [1.807, 2.05) is 31.2 Å². The second kappa shape index (κ2) is 13.0. The molecule has 0 saturated carbocycles. The molecule has 1 aromatic carbocycles. The number of carbonyl (C=O) groups excluding carboxylic acids is 1. The summed E-state index contributed by atoms with van der Waals surface area (Å²) in [4.78, 5) is 15.4. The fourth-order valence-electron chi connectivity index (χ4n) is 3.75. The highest BCUT2D eigenvalue weighted by Gasteiger charge is 2.33. The monoisotopic (exact) mass is 418 g/mol. The number of hydrogen-bond donors (Lipinski definition) is 1. The Morgan fingerprint density at radius 1 is 1.10 bits per heavy atom. The zero-order valence-electron chi connectivity index (χ0n) is 19.5. The van der Waals surface area contributed by atoms with Gasteiger partial charge in [-0.15, -0.1) is 0 Å². The summed E-state index contributed by atoms with van der Waals surface area (Å²) >= 11 is 0. The van der Waals surface area contributed by atoms with Crippen LogP contribution in [0, 0.1) is 5.92 Å². The fourth-order valence-corrected chi connectivity index (χ4v) is 3.75. The number of rotatable bonds is 13. The van der Waals surface area contributed by atoms with Crippen LogP contribution >= 0.6 is 0 Å². The second-order valence-corrected chi connectivity index (χ2v) is 8.89. The molecular formula is C25H42N2O3. The molecule has 170 valence electrons. The van der Waals surface area contributed by atoms with Gasteiger partial charge in [0.2, 0.25) is 0 Å². The predicted molar refractivity (Wildman–Crippen MR) is 124 cm³/mol. The highest BCUT2D eigenvalue weighted by atomic mass is 16.5. The predicted octanol–water partition coefficient (Wildman–Crippen LogP) is 5.50. The zero-order chi connectivity index (χ0) is 21.8. The van der Waals surface area contributed by atoms with Crippen molar-refractivity contribution in [1.82, 2.24) is 4.90 Å². The summed E-state index contributed by atoms with van der Waals surface area (Å²) in [6.07, 6.45) is 7.31. The Morgan fingerprint density at radius 3 is 2.43 bits per heavy atom. The molecule has 5 nitrogen and oxygen atoms in total. The van der Waals surface area contributed by atoms with Crippen molar-refractivity contribution >= 4 is 11.6 Å². The molecule has 1 aromatic rings. The molecule has 2 rings (SSSR count). The minimum atomic E-state index is -0.784. The molecule has 1 aliphatic heterocycles. The summed E-state index contributed by atoms with van der Waals surface area (Å²) in [5, 5.41) is 3.02. The van der Waals surface area contributed by atoms with Crippen molar-refractivity contribution in [1.29, 1.82) is 0 Å². The lowest BCUT2D eigenvalue weighted by Gasteiger charge is -2.30. The van der Waals surface area contributed by atoms with Crippen LogP contribution in [-0.2, 0) is 9.53 Å². The van der Waals surface area contributed by atoms with E-state index >= 15 is 0 Å². The van der Waals surface area contributed by atoms with Gasteiger partial charge in [-0.05, 0) is 82.3 Å². The number of hydrogen-bond acceptors (Lipinski definition) is 4. The van der Waals surface area contributed by atoms with E-state index in [1.165, 1.54) is 25.9 Å². The average Bonchev–Trinajstić information content (AvgIpc) is 2.76. The lowest BCUT2D eigenvalue weighted by Crippen LogP contribution is -2.43. The Balaban J connectivity index is 1.76. The molecule has 30 heavy (non-hydrogen) atoms. The van der Waals surface area contributed by atoms with E-state index in [0.29, 0.717) is 6.61 Å². The van der Waals surface area contributed by atoms with Gasteiger partial charge in [-0.2, -0.15) is 0 Å². The smallest absolute Gasteiger partial charge is 0.256 e. The van der Waals surface area contributed by atoms with Crippen LogP contribution < -0.4 is 10.1 Å². The van der Waals surface area contributed by atoms with Crippen LogP contribution in [0.3, 0.4) is 0 Å². The first-order chi connectivity index (χ1) is 14.5. The number of piperidine rings is 1. The van der Waals surface area contributed by atoms with Gasteiger partial charge in [0.15, 0.2) is 0 Å². The van der Waals surface area contributed by atoms with Gasteiger partial charge < -0.3 is 19.7 Å². The van der Waals surface area contributed by atoms with Gasteiger partial charge in [0, 0.05) is 18.8 Å². The topological polar surface area (TPSA) is 50.8 Å². The molecule has 1 saturated heterocycles. The molecule has 1 N–H and O–H groups in total. The van der Waals surface area contributed by atoms with Gasteiger partial charge >= 0.3 is 0 Å². The number of amides is 1. The Bertz CT molecular complexity index is 601. The molecule has 0 unspecified atom stereocenters. The molecule has 1 atom stereocenters. The molecule has 1 aliphatic rings. The Hall–Kier alpha value is -1.59. The van der Waals surface area contributed by atoms with E-state index in [9.17, 15) is 4.79 Å². The first-order valence-electron chi connectivity index (χ1n) is 11.9. The molecule has 5 heteroatoms. The number of unbranched alkanes of at least 4 members (excludes halogenated alkanes) is 1. The van der Waals surface area contributed by atoms with Crippen LogP contribution in [0.15, 0.2) is 24.3 Å². The Kier molecular flexibility index (Phi) is 10.7.